The standard InChI is InChI=1S/C14H25N5/c1-10(2)18-9-4-3-6-11(18)14-17-16-13-8-5-7-12(15)19(13)14/h10-12H,3-9,15H2,1-2H3. The number of aromatic nitrogens is 3. The second kappa shape index (κ2) is 5.21. The summed E-state index contributed by atoms with van der Waals surface area (Å²) in [4.78, 5) is 2.56. The van der Waals surface area contributed by atoms with E-state index in [4.69, 9.17) is 5.73 Å². The number of aryl methyl sites for hydroxylation is 1. The van der Waals surface area contributed by atoms with Gasteiger partial charge in [-0.15, -0.1) is 10.2 Å². The lowest BCUT2D eigenvalue weighted by Gasteiger charge is -2.38. The normalized spacial score (nSPS) is 28.6. The molecule has 0 amide bonds. The van der Waals surface area contributed by atoms with Gasteiger partial charge in [0.05, 0.1) is 12.2 Å². The van der Waals surface area contributed by atoms with E-state index < -0.39 is 0 Å². The summed E-state index contributed by atoms with van der Waals surface area (Å²) in [5.41, 5.74) is 6.28. The molecule has 0 aliphatic carbocycles. The molecule has 2 atom stereocenters. The Morgan fingerprint density at radius 3 is 2.79 bits per heavy atom. The molecule has 1 saturated heterocycles. The number of fused-ring (bicyclic) bond motifs is 1. The molecule has 2 aliphatic rings. The topological polar surface area (TPSA) is 60.0 Å². The van der Waals surface area contributed by atoms with Crippen molar-refractivity contribution < 1.29 is 0 Å². The fourth-order valence-corrected chi connectivity index (χ4v) is 3.54. The highest BCUT2D eigenvalue weighted by atomic mass is 15.4. The summed E-state index contributed by atoms with van der Waals surface area (Å²) in [5, 5.41) is 8.88. The van der Waals surface area contributed by atoms with Crippen LogP contribution in [0.2, 0.25) is 0 Å². The fourth-order valence-electron chi connectivity index (χ4n) is 3.54. The van der Waals surface area contributed by atoms with Crippen molar-refractivity contribution in [2.45, 2.75) is 70.6 Å². The number of hydrogen-bond acceptors (Lipinski definition) is 4. The highest BCUT2D eigenvalue weighted by Gasteiger charge is 2.32. The highest BCUT2D eigenvalue weighted by Crippen LogP contribution is 2.34. The fraction of sp³-hybridized carbons (Fsp3) is 0.857. The van der Waals surface area contributed by atoms with Crippen LogP contribution in [0.3, 0.4) is 0 Å². The van der Waals surface area contributed by atoms with E-state index >= 15 is 0 Å². The van der Waals surface area contributed by atoms with Gasteiger partial charge in [0, 0.05) is 12.5 Å². The zero-order valence-corrected chi connectivity index (χ0v) is 12.0. The van der Waals surface area contributed by atoms with Crippen LogP contribution in [0.1, 0.15) is 69.8 Å². The molecule has 2 unspecified atom stereocenters. The van der Waals surface area contributed by atoms with Crippen molar-refractivity contribution in [1.82, 2.24) is 19.7 Å². The van der Waals surface area contributed by atoms with Crippen molar-refractivity contribution in [3.8, 4) is 0 Å². The average Bonchev–Trinajstić information content (AvgIpc) is 2.84. The van der Waals surface area contributed by atoms with E-state index in [9.17, 15) is 0 Å². The van der Waals surface area contributed by atoms with Crippen LogP contribution in [-0.4, -0.2) is 32.3 Å². The SMILES string of the molecule is CC(C)N1CCCCC1c1nnc2n1C(N)CCC2. The van der Waals surface area contributed by atoms with Crippen LogP contribution < -0.4 is 5.73 Å². The quantitative estimate of drug-likeness (QED) is 0.886. The molecule has 1 aromatic heterocycles. The molecule has 0 radical (unpaired) electrons. The van der Waals surface area contributed by atoms with Crippen molar-refractivity contribution in [3.63, 3.8) is 0 Å². The van der Waals surface area contributed by atoms with Crippen LogP contribution in [0.4, 0.5) is 0 Å². The monoisotopic (exact) mass is 263 g/mol. The lowest BCUT2D eigenvalue weighted by Crippen LogP contribution is -2.40. The molecule has 5 heteroatoms. The Balaban J connectivity index is 1.94. The zero-order chi connectivity index (χ0) is 13.4. The Kier molecular flexibility index (Phi) is 3.58. The summed E-state index contributed by atoms with van der Waals surface area (Å²) in [6.07, 6.45) is 7.04. The minimum atomic E-state index is 0.0738. The maximum absolute atomic E-state index is 6.28. The van der Waals surface area contributed by atoms with E-state index in [0.29, 0.717) is 12.1 Å². The van der Waals surface area contributed by atoms with Gasteiger partial charge in [-0.2, -0.15) is 0 Å². The van der Waals surface area contributed by atoms with Crippen LogP contribution in [0.15, 0.2) is 0 Å². The van der Waals surface area contributed by atoms with E-state index in [1.165, 1.54) is 25.8 Å². The van der Waals surface area contributed by atoms with Crippen molar-refractivity contribution in [3.05, 3.63) is 11.6 Å². The molecular weight excluding hydrogens is 238 g/mol. The molecule has 1 aromatic rings. The van der Waals surface area contributed by atoms with Crippen LogP contribution >= 0.6 is 0 Å². The Morgan fingerprint density at radius 2 is 2.00 bits per heavy atom. The molecule has 0 spiro atoms. The highest BCUT2D eigenvalue weighted by molar-refractivity contribution is 5.07. The second-order valence-electron chi connectivity index (χ2n) is 6.15. The largest absolute Gasteiger partial charge is 0.311 e. The van der Waals surface area contributed by atoms with E-state index in [2.05, 4.69) is 33.5 Å². The van der Waals surface area contributed by atoms with Gasteiger partial charge in [0.25, 0.3) is 0 Å². The number of nitrogens with zero attached hydrogens (tertiary/aromatic N) is 4. The molecule has 106 valence electrons. The van der Waals surface area contributed by atoms with Gasteiger partial charge in [-0.05, 0) is 46.1 Å². The van der Waals surface area contributed by atoms with Crippen LogP contribution in [0.25, 0.3) is 0 Å². The summed E-state index contributed by atoms with van der Waals surface area (Å²) in [7, 11) is 0. The number of rotatable bonds is 2. The number of hydrogen-bond donors (Lipinski definition) is 1. The van der Waals surface area contributed by atoms with Crippen molar-refractivity contribution in [2.24, 2.45) is 5.73 Å². The lowest BCUT2D eigenvalue weighted by atomic mass is 9.99. The van der Waals surface area contributed by atoms with Gasteiger partial charge in [0.15, 0.2) is 5.82 Å². The van der Waals surface area contributed by atoms with Gasteiger partial charge in [-0.3, -0.25) is 9.47 Å². The van der Waals surface area contributed by atoms with E-state index in [1.807, 2.05) is 0 Å². The third kappa shape index (κ3) is 2.30. The summed E-state index contributed by atoms with van der Waals surface area (Å²) in [5.74, 6) is 2.19. The minimum Gasteiger partial charge on any atom is -0.311 e. The first-order chi connectivity index (χ1) is 9.18. The Labute approximate surface area is 115 Å². The van der Waals surface area contributed by atoms with Gasteiger partial charge >= 0.3 is 0 Å². The smallest absolute Gasteiger partial charge is 0.151 e. The van der Waals surface area contributed by atoms with Crippen LogP contribution in [0.5, 0.6) is 0 Å². The predicted molar refractivity (Wildman–Crippen MR) is 74.6 cm³/mol. The molecule has 1 fully saturated rings. The van der Waals surface area contributed by atoms with Gasteiger partial charge < -0.3 is 5.73 Å². The Hall–Kier alpha value is -0.940. The molecule has 3 heterocycles. The van der Waals surface area contributed by atoms with E-state index in [-0.39, 0.29) is 6.17 Å². The number of likely N-dealkylation sites (tertiary alicyclic amines) is 1. The van der Waals surface area contributed by atoms with Crippen LogP contribution in [-0.2, 0) is 6.42 Å². The molecule has 0 aromatic carbocycles. The maximum Gasteiger partial charge on any atom is 0.151 e. The minimum absolute atomic E-state index is 0.0738. The summed E-state index contributed by atoms with van der Waals surface area (Å²) in [6.45, 7) is 5.71. The van der Waals surface area contributed by atoms with Gasteiger partial charge in [-0.25, -0.2) is 0 Å². The van der Waals surface area contributed by atoms with E-state index in [0.717, 1.165) is 30.9 Å². The first-order valence-electron chi connectivity index (χ1n) is 7.63. The lowest BCUT2D eigenvalue weighted by molar-refractivity contribution is 0.101. The Bertz CT molecular complexity index is 439. The maximum atomic E-state index is 6.28. The molecule has 0 bridgehead atoms. The first kappa shape index (κ1) is 13.1. The third-order valence-electron chi connectivity index (χ3n) is 4.53. The van der Waals surface area contributed by atoms with Crippen LogP contribution in [0, 0.1) is 0 Å². The third-order valence-corrected chi connectivity index (χ3v) is 4.53. The molecule has 19 heavy (non-hydrogen) atoms. The van der Waals surface area contributed by atoms with Crippen molar-refractivity contribution in [1.29, 1.82) is 0 Å². The molecule has 0 saturated carbocycles. The molecule has 2 aliphatic heterocycles. The molecule has 5 nitrogen and oxygen atoms in total. The van der Waals surface area contributed by atoms with Gasteiger partial charge in [0.1, 0.15) is 5.82 Å². The summed E-state index contributed by atoms with van der Waals surface area (Å²) >= 11 is 0. The first-order valence-corrected chi connectivity index (χ1v) is 7.63. The number of piperidine rings is 1. The predicted octanol–water partition coefficient (Wildman–Crippen LogP) is 2.01. The molecule has 3 rings (SSSR count). The number of nitrogens with two attached hydrogens (primary N) is 1. The van der Waals surface area contributed by atoms with E-state index in [1.54, 1.807) is 0 Å². The summed E-state index contributed by atoms with van der Waals surface area (Å²) in [6, 6.07) is 0.956. The Morgan fingerprint density at radius 1 is 1.16 bits per heavy atom. The summed E-state index contributed by atoms with van der Waals surface area (Å²) < 4.78 is 2.22. The second-order valence-corrected chi connectivity index (χ2v) is 6.15. The van der Waals surface area contributed by atoms with Crippen molar-refractivity contribution in [2.75, 3.05) is 6.54 Å². The molecular formula is C14H25N5. The van der Waals surface area contributed by atoms with Crippen molar-refractivity contribution >= 4 is 0 Å². The van der Waals surface area contributed by atoms with Gasteiger partial charge in [-0.1, -0.05) is 6.42 Å². The molecule has 2 N–H and O–H groups in total. The zero-order valence-electron chi connectivity index (χ0n) is 12.0. The van der Waals surface area contributed by atoms with Gasteiger partial charge in [0.2, 0.25) is 0 Å². The average molecular weight is 263 g/mol.